The van der Waals surface area contributed by atoms with Crippen molar-refractivity contribution in [2.75, 3.05) is 13.1 Å². The molecule has 1 spiro atoms. The van der Waals surface area contributed by atoms with Crippen molar-refractivity contribution >= 4 is 18.3 Å². The zero-order chi connectivity index (χ0) is 15.6. The summed E-state index contributed by atoms with van der Waals surface area (Å²) in [7, 11) is 0. The van der Waals surface area contributed by atoms with Crippen LogP contribution in [-0.2, 0) is 11.3 Å². The summed E-state index contributed by atoms with van der Waals surface area (Å²) in [5.74, 6) is 1.60. The Morgan fingerprint density at radius 3 is 2.78 bits per heavy atom. The van der Waals surface area contributed by atoms with E-state index < -0.39 is 0 Å². The summed E-state index contributed by atoms with van der Waals surface area (Å²) in [5.41, 5.74) is 1.30. The molecule has 0 bridgehead atoms. The number of hydrogen-bond donors (Lipinski definition) is 2. The van der Waals surface area contributed by atoms with Gasteiger partial charge in [0.05, 0.1) is 12.2 Å². The molecule has 2 heterocycles. The molecule has 6 heteroatoms. The molecule has 0 aromatic carbocycles. The van der Waals surface area contributed by atoms with Gasteiger partial charge in [0.25, 0.3) is 0 Å². The van der Waals surface area contributed by atoms with Gasteiger partial charge in [-0.15, -0.1) is 12.4 Å². The van der Waals surface area contributed by atoms with Crippen LogP contribution in [0.5, 0.6) is 0 Å². The van der Waals surface area contributed by atoms with Crippen LogP contribution in [0.4, 0.5) is 0 Å². The van der Waals surface area contributed by atoms with Crippen LogP contribution in [0.2, 0.25) is 0 Å². The Bertz CT molecular complexity index is 522. The van der Waals surface area contributed by atoms with Crippen LogP contribution in [0, 0.1) is 11.3 Å². The van der Waals surface area contributed by atoms with Gasteiger partial charge in [-0.3, -0.25) is 4.79 Å². The van der Waals surface area contributed by atoms with Crippen LogP contribution in [0.1, 0.15) is 63.3 Å². The van der Waals surface area contributed by atoms with E-state index in [1.807, 2.05) is 6.07 Å². The number of carbonyl (C=O) groups excluding carboxylic acids is 1. The lowest BCUT2D eigenvalue weighted by Crippen LogP contribution is -2.33. The van der Waals surface area contributed by atoms with Crippen molar-refractivity contribution in [3.05, 3.63) is 17.5 Å². The van der Waals surface area contributed by atoms with Gasteiger partial charge < -0.3 is 15.2 Å². The molecule has 1 saturated carbocycles. The summed E-state index contributed by atoms with van der Waals surface area (Å²) in [6, 6.07) is 1.99. The second-order valence-electron chi connectivity index (χ2n) is 6.82. The average molecular weight is 342 g/mol. The number of amides is 1. The normalized spacial score (nSPS) is 22.0. The Morgan fingerprint density at radius 1 is 1.43 bits per heavy atom. The first-order chi connectivity index (χ1) is 10.7. The highest BCUT2D eigenvalue weighted by Crippen LogP contribution is 2.58. The Morgan fingerprint density at radius 2 is 2.13 bits per heavy atom. The minimum absolute atomic E-state index is 0. The monoisotopic (exact) mass is 341 g/mol. The maximum absolute atomic E-state index is 12.3. The van der Waals surface area contributed by atoms with Crippen molar-refractivity contribution in [3.63, 3.8) is 0 Å². The topological polar surface area (TPSA) is 67.2 Å². The highest BCUT2D eigenvalue weighted by atomic mass is 35.5. The molecule has 1 aliphatic carbocycles. The highest BCUT2D eigenvalue weighted by molar-refractivity contribution is 5.85. The zero-order valence-electron chi connectivity index (χ0n) is 14.1. The maximum atomic E-state index is 12.3. The molecule has 5 nitrogen and oxygen atoms in total. The molecule has 130 valence electrons. The lowest BCUT2D eigenvalue weighted by Gasteiger charge is -2.23. The summed E-state index contributed by atoms with van der Waals surface area (Å²) in [6.07, 6.45) is 5.44. The molecule has 3 rings (SSSR count). The molecule has 2 aliphatic rings. The second-order valence-corrected chi connectivity index (χ2v) is 6.82. The van der Waals surface area contributed by atoms with Crippen LogP contribution in [0.3, 0.4) is 0 Å². The van der Waals surface area contributed by atoms with Crippen molar-refractivity contribution in [1.82, 2.24) is 15.8 Å². The van der Waals surface area contributed by atoms with Gasteiger partial charge in [-0.05, 0) is 50.6 Å². The van der Waals surface area contributed by atoms with Gasteiger partial charge in [0, 0.05) is 17.9 Å². The number of nitrogens with one attached hydrogen (secondary N) is 2. The molecule has 1 aromatic rings. The Balaban J connectivity index is 0.00000192. The van der Waals surface area contributed by atoms with Crippen molar-refractivity contribution in [2.24, 2.45) is 11.3 Å². The molecule has 2 fully saturated rings. The fraction of sp³-hybridized carbons (Fsp3) is 0.765. The summed E-state index contributed by atoms with van der Waals surface area (Å²) in [5, 5.41) is 10.5. The van der Waals surface area contributed by atoms with E-state index in [1.165, 1.54) is 0 Å². The standard InChI is InChI=1S/C17H27N3O2.ClH/c1-3-12(4-2)15-9-13(22-20-15)11-19-16(21)14-10-17(14)5-7-18-8-6-17;/h9,12,14,18H,3-8,10-11H2,1-2H3,(H,19,21);1H. The quantitative estimate of drug-likeness (QED) is 0.834. The SMILES string of the molecule is CCC(CC)c1cc(CNC(=O)C2CC23CCNCC3)on1.Cl. The predicted molar refractivity (Wildman–Crippen MR) is 91.6 cm³/mol. The molecule has 0 radical (unpaired) electrons. The first-order valence-electron chi connectivity index (χ1n) is 8.62. The van der Waals surface area contributed by atoms with Gasteiger partial charge in [-0.1, -0.05) is 19.0 Å². The zero-order valence-corrected chi connectivity index (χ0v) is 14.9. The fourth-order valence-corrected chi connectivity index (χ4v) is 3.80. The van der Waals surface area contributed by atoms with Gasteiger partial charge >= 0.3 is 0 Å². The maximum Gasteiger partial charge on any atom is 0.224 e. The molecule has 1 aliphatic heterocycles. The molecule has 1 unspecified atom stereocenters. The van der Waals surface area contributed by atoms with E-state index in [9.17, 15) is 4.79 Å². The van der Waals surface area contributed by atoms with E-state index in [1.54, 1.807) is 0 Å². The van der Waals surface area contributed by atoms with E-state index in [4.69, 9.17) is 4.52 Å². The Labute approximate surface area is 144 Å². The third-order valence-electron chi connectivity index (χ3n) is 5.52. The minimum Gasteiger partial charge on any atom is -0.359 e. The molecule has 1 aromatic heterocycles. The molecular weight excluding hydrogens is 314 g/mol. The Kier molecular flexibility index (Phi) is 6.09. The Hall–Kier alpha value is -1.07. The van der Waals surface area contributed by atoms with Gasteiger partial charge in [0.1, 0.15) is 0 Å². The minimum atomic E-state index is 0. The molecule has 23 heavy (non-hydrogen) atoms. The fourth-order valence-electron chi connectivity index (χ4n) is 3.80. The smallest absolute Gasteiger partial charge is 0.224 e. The molecule has 1 saturated heterocycles. The first kappa shape index (κ1) is 18.3. The van der Waals surface area contributed by atoms with E-state index in [0.717, 1.165) is 56.6 Å². The lowest BCUT2D eigenvalue weighted by molar-refractivity contribution is -0.123. The van der Waals surface area contributed by atoms with E-state index in [-0.39, 0.29) is 29.6 Å². The number of rotatable bonds is 6. The molecule has 1 atom stereocenters. The van der Waals surface area contributed by atoms with Crippen LogP contribution < -0.4 is 10.6 Å². The number of piperidine rings is 1. The van der Waals surface area contributed by atoms with Gasteiger partial charge in [-0.25, -0.2) is 0 Å². The van der Waals surface area contributed by atoms with Crippen molar-refractivity contribution in [1.29, 1.82) is 0 Å². The van der Waals surface area contributed by atoms with E-state index >= 15 is 0 Å². The van der Waals surface area contributed by atoms with Gasteiger partial charge in [0.2, 0.25) is 5.91 Å². The van der Waals surface area contributed by atoms with Gasteiger partial charge in [-0.2, -0.15) is 0 Å². The van der Waals surface area contributed by atoms with Crippen LogP contribution >= 0.6 is 12.4 Å². The summed E-state index contributed by atoms with van der Waals surface area (Å²) in [6.45, 7) is 6.87. The lowest BCUT2D eigenvalue weighted by atomic mass is 9.92. The third-order valence-corrected chi connectivity index (χ3v) is 5.52. The van der Waals surface area contributed by atoms with Crippen LogP contribution in [-0.4, -0.2) is 24.2 Å². The number of hydrogen-bond acceptors (Lipinski definition) is 4. The van der Waals surface area contributed by atoms with Crippen molar-refractivity contribution in [3.8, 4) is 0 Å². The summed E-state index contributed by atoms with van der Waals surface area (Å²) >= 11 is 0. The number of nitrogens with zero attached hydrogens (tertiary/aromatic N) is 1. The average Bonchev–Trinajstić information content (AvgIpc) is 3.02. The summed E-state index contributed by atoms with van der Waals surface area (Å²) in [4.78, 5) is 12.3. The van der Waals surface area contributed by atoms with Crippen LogP contribution in [0.25, 0.3) is 0 Å². The molecular formula is C17H28ClN3O2. The largest absolute Gasteiger partial charge is 0.359 e. The summed E-state index contributed by atoms with van der Waals surface area (Å²) < 4.78 is 5.36. The number of aromatic nitrogens is 1. The van der Waals surface area contributed by atoms with E-state index in [0.29, 0.717) is 12.5 Å². The van der Waals surface area contributed by atoms with Crippen molar-refractivity contribution in [2.45, 2.75) is 58.4 Å². The third kappa shape index (κ3) is 3.89. The molecule has 2 N–H and O–H groups in total. The highest BCUT2D eigenvalue weighted by Gasteiger charge is 2.57. The number of halogens is 1. The van der Waals surface area contributed by atoms with Crippen molar-refractivity contribution < 1.29 is 9.32 Å². The number of carbonyl (C=O) groups is 1. The van der Waals surface area contributed by atoms with Gasteiger partial charge in [0.15, 0.2) is 5.76 Å². The predicted octanol–water partition coefficient (Wildman–Crippen LogP) is 3.01. The van der Waals surface area contributed by atoms with E-state index in [2.05, 4.69) is 29.6 Å². The first-order valence-corrected chi connectivity index (χ1v) is 8.62. The molecule has 1 amide bonds. The van der Waals surface area contributed by atoms with Crippen LogP contribution in [0.15, 0.2) is 10.6 Å². The second kappa shape index (κ2) is 7.67.